The summed E-state index contributed by atoms with van der Waals surface area (Å²) >= 11 is 13.7. The summed E-state index contributed by atoms with van der Waals surface area (Å²) in [5.74, 6) is 2.05. The van der Waals surface area contributed by atoms with Gasteiger partial charge in [0.15, 0.2) is 0 Å². The summed E-state index contributed by atoms with van der Waals surface area (Å²) in [5, 5.41) is 5.02. The first-order chi connectivity index (χ1) is 13.9. The average Bonchev–Trinajstić information content (AvgIpc) is 3.09. The zero-order valence-electron chi connectivity index (χ0n) is 16.0. The van der Waals surface area contributed by atoms with Gasteiger partial charge in [0.2, 0.25) is 5.91 Å². The number of nitrogens with one attached hydrogen (secondary N) is 1. The van der Waals surface area contributed by atoms with E-state index in [-0.39, 0.29) is 5.91 Å². The van der Waals surface area contributed by atoms with Gasteiger partial charge in [-0.3, -0.25) is 4.79 Å². The maximum atomic E-state index is 12.0. The van der Waals surface area contributed by atoms with Crippen molar-refractivity contribution >= 4 is 47.1 Å². The molecule has 0 radical (unpaired) electrons. The molecular formula is C22H20Cl2N2O2S. The SMILES string of the molecule is Cc1cc(C)cc(CSCC(=O)N/N=C\c2ccc(-c3ccc(Cl)cc3Cl)o2)c1. The maximum absolute atomic E-state index is 12.0. The molecule has 0 bridgehead atoms. The topological polar surface area (TPSA) is 54.6 Å². The third kappa shape index (κ3) is 6.39. The van der Waals surface area contributed by atoms with Crippen LogP contribution in [0.15, 0.2) is 58.0 Å². The van der Waals surface area contributed by atoms with E-state index in [1.807, 2.05) is 0 Å². The summed E-state index contributed by atoms with van der Waals surface area (Å²) in [5.41, 5.74) is 6.93. The molecule has 0 unspecified atom stereocenters. The van der Waals surface area contributed by atoms with Gasteiger partial charge >= 0.3 is 0 Å². The molecule has 7 heteroatoms. The van der Waals surface area contributed by atoms with Crippen molar-refractivity contribution in [1.29, 1.82) is 0 Å². The molecule has 0 aliphatic heterocycles. The Kier molecular flexibility index (Phi) is 7.42. The highest BCUT2D eigenvalue weighted by Crippen LogP contribution is 2.31. The van der Waals surface area contributed by atoms with Crippen LogP contribution < -0.4 is 5.43 Å². The Morgan fingerprint density at radius 2 is 1.86 bits per heavy atom. The predicted octanol–water partition coefficient (Wildman–Crippen LogP) is 6.25. The van der Waals surface area contributed by atoms with Crippen LogP contribution in [-0.2, 0) is 10.5 Å². The number of benzene rings is 2. The molecule has 0 aliphatic rings. The normalized spacial score (nSPS) is 11.2. The third-order valence-corrected chi connectivity index (χ3v) is 5.54. The summed E-state index contributed by atoms with van der Waals surface area (Å²) in [6, 6.07) is 15.1. The van der Waals surface area contributed by atoms with Crippen molar-refractivity contribution in [3.8, 4) is 11.3 Å². The molecule has 29 heavy (non-hydrogen) atoms. The standard InChI is InChI=1S/C22H20Cl2N2O2S/c1-14-7-15(2)9-16(8-14)12-29-13-22(27)26-25-11-18-4-6-21(28-18)19-5-3-17(23)10-20(19)24/h3-11H,12-13H2,1-2H3,(H,26,27)/b25-11-. The molecule has 0 spiro atoms. The lowest BCUT2D eigenvalue weighted by molar-refractivity contribution is -0.118. The molecule has 1 heterocycles. The lowest BCUT2D eigenvalue weighted by Gasteiger charge is -2.04. The highest BCUT2D eigenvalue weighted by molar-refractivity contribution is 7.99. The number of furan rings is 1. The first kappa shape index (κ1) is 21.5. The van der Waals surface area contributed by atoms with Crippen molar-refractivity contribution in [2.75, 3.05) is 5.75 Å². The van der Waals surface area contributed by atoms with Crippen molar-refractivity contribution in [1.82, 2.24) is 5.43 Å². The molecule has 3 rings (SSSR count). The van der Waals surface area contributed by atoms with Gasteiger partial charge in [-0.25, -0.2) is 5.43 Å². The van der Waals surface area contributed by atoms with E-state index in [1.165, 1.54) is 22.9 Å². The molecule has 1 aromatic heterocycles. The second kappa shape index (κ2) is 10.0. The molecule has 0 fully saturated rings. The molecule has 3 aromatic rings. The summed E-state index contributed by atoms with van der Waals surface area (Å²) in [4.78, 5) is 12.0. The van der Waals surface area contributed by atoms with E-state index in [2.05, 4.69) is 42.6 Å². The lowest BCUT2D eigenvalue weighted by Crippen LogP contribution is -2.19. The number of rotatable bonds is 7. The van der Waals surface area contributed by atoms with E-state index in [4.69, 9.17) is 27.6 Å². The number of hydrazone groups is 1. The predicted molar refractivity (Wildman–Crippen MR) is 122 cm³/mol. The van der Waals surface area contributed by atoms with Crippen LogP contribution in [-0.4, -0.2) is 17.9 Å². The highest BCUT2D eigenvalue weighted by atomic mass is 35.5. The first-order valence-corrected chi connectivity index (χ1v) is 10.8. The molecule has 4 nitrogen and oxygen atoms in total. The summed E-state index contributed by atoms with van der Waals surface area (Å²) < 4.78 is 5.70. The van der Waals surface area contributed by atoms with Crippen molar-refractivity contribution in [2.24, 2.45) is 5.10 Å². The zero-order chi connectivity index (χ0) is 20.8. The van der Waals surface area contributed by atoms with E-state index in [0.29, 0.717) is 27.3 Å². The van der Waals surface area contributed by atoms with Crippen molar-refractivity contribution in [3.63, 3.8) is 0 Å². The Morgan fingerprint density at radius 3 is 2.59 bits per heavy atom. The fourth-order valence-corrected chi connectivity index (χ4v) is 4.13. The van der Waals surface area contributed by atoms with Gasteiger partial charge in [-0.15, -0.1) is 11.8 Å². The number of thioether (sulfide) groups is 1. The van der Waals surface area contributed by atoms with Gasteiger partial charge in [-0.2, -0.15) is 5.10 Å². The van der Waals surface area contributed by atoms with E-state index in [0.717, 1.165) is 11.3 Å². The van der Waals surface area contributed by atoms with Gasteiger partial charge in [0.1, 0.15) is 11.5 Å². The van der Waals surface area contributed by atoms with Crippen LogP contribution in [0.4, 0.5) is 0 Å². The zero-order valence-corrected chi connectivity index (χ0v) is 18.4. The number of amides is 1. The number of hydrogen-bond acceptors (Lipinski definition) is 4. The van der Waals surface area contributed by atoms with Crippen LogP contribution >= 0.6 is 35.0 Å². The number of hydrogen-bond donors (Lipinski definition) is 1. The van der Waals surface area contributed by atoms with E-state index in [9.17, 15) is 4.79 Å². The van der Waals surface area contributed by atoms with Crippen LogP contribution in [0.2, 0.25) is 10.0 Å². The van der Waals surface area contributed by atoms with Crippen LogP contribution in [0.3, 0.4) is 0 Å². The van der Waals surface area contributed by atoms with Crippen molar-refractivity contribution < 1.29 is 9.21 Å². The molecule has 1 N–H and O–H groups in total. The molecular weight excluding hydrogens is 427 g/mol. The average molecular weight is 447 g/mol. The van der Waals surface area contributed by atoms with Crippen LogP contribution in [0.5, 0.6) is 0 Å². The maximum Gasteiger partial charge on any atom is 0.250 e. The minimum absolute atomic E-state index is 0.164. The second-order valence-electron chi connectivity index (χ2n) is 6.61. The number of nitrogens with zero attached hydrogens (tertiary/aromatic N) is 1. The Morgan fingerprint density at radius 1 is 1.10 bits per heavy atom. The van der Waals surface area contributed by atoms with Gasteiger partial charge in [0, 0.05) is 16.3 Å². The van der Waals surface area contributed by atoms with E-state index >= 15 is 0 Å². The van der Waals surface area contributed by atoms with Crippen LogP contribution in [0.25, 0.3) is 11.3 Å². The largest absolute Gasteiger partial charge is 0.455 e. The van der Waals surface area contributed by atoms with Crippen molar-refractivity contribution in [3.05, 3.63) is 81.0 Å². The van der Waals surface area contributed by atoms with Crippen molar-refractivity contribution in [2.45, 2.75) is 19.6 Å². The Balaban J connectivity index is 1.48. The number of halogens is 2. The summed E-state index contributed by atoms with van der Waals surface area (Å²) in [7, 11) is 0. The van der Waals surface area contributed by atoms with Gasteiger partial charge in [-0.1, -0.05) is 52.5 Å². The molecule has 0 saturated heterocycles. The highest BCUT2D eigenvalue weighted by Gasteiger charge is 2.08. The quantitative estimate of drug-likeness (QED) is 0.344. The molecule has 0 aliphatic carbocycles. The molecule has 0 atom stereocenters. The lowest BCUT2D eigenvalue weighted by atomic mass is 10.1. The fraction of sp³-hybridized carbons (Fsp3) is 0.182. The fourth-order valence-electron chi connectivity index (χ4n) is 2.87. The molecule has 150 valence electrons. The van der Waals surface area contributed by atoms with Gasteiger partial charge in [0.25, 0.3) is 0 Å². The third-order valence-electron chi connectivity index (χ3n) is 3.99. The number of aryl methyl sites for hydroxylation is 2. The number of carbonyl (C=O) groups excluding carboxylic acids is 1. The Bertz CT molecular complexity index is 1030. The second-order valence-corrected chi connectivity index (χ2v) is 8.44. The molecule has 0 saturated carbocycles. The first-order valence-electron chi connectivity index (χ1n) is 8.93. The smallest absolute Gasteiger partial charge is 0.250 e. The number of carbonyl (C=O) groups is 1. The monoisotopic (exact) mass is 446 g/mol. The Labute approximate surface area is 184 Å². The van der Waals surface area contributed by atoms with Gasteiger partial charge < -0.3 is 4.42 Å². The van der Waals surface area contributed by atoms with Gasteiger partial charge in [0.05, 0.1) is 17.0 Å². The molecule has 1 amide bonds. The summed E-state index contributed by atoms with van der Waals surface area (Å²) in [6.07, 6.45) is 1.46. The van der Waals surface area contributed by atoms with E-state index in [1.54, 1.807) is 42.1 Å². The Hall–Kier alpha value is -2.21. The van der Waals surface area contributed by atoms with Crippen LogP contribution in [0, 0.1) is 13.8 Å². The van der Waals surface area contributed by atoms with Crippen LogP contribution in [0.1, 0.15) is 22.5 Å². The van der Waals surface area contributed by atoms with Gasteiger partial charge in [-0.05, 0) is 49.7 Å². The summed E-state index contributed by atoms with van der Waals surface area (Å²) in [6.45, 7) is 4.15. The van der Waals surface area contributed by atoms with E-state index < -0.39 is 0 Å². The molecule has 2 aromatic carbocycles. The minimum atomic E-state index is -0.164. The minimum Gasteiger partial charge on any atom is -0.455 e.